The maximum Gasteiger partial charge on any atom is 0.355 e. The van der Waals surface area contributed by atoms with Crippen LogP contribution in [0.5, 0.6) is 0 Å². The minimum atomic E-state index is -0.626. The minimum Gasteiger partial charge on any atom is -0.466 e. The third-order valence-electron chi connectivity index (χ3n) is 3.55. The second-order valence-corrected chi connectivity index (χ2v) is 6.63. The summed E-state index contributed by atoms with van der Waals surface area (Å²) in [5, 5.41) is 0. The van der Waals surface area contributed by atoms with Crippen molar-refractivity contribution in [1.82, 2.24) is 4.98 Å². The van der Waals surface area contributed by atoms with Crippen LogP contribution in [-0.4, -0.2) is 44.5 Å². The number of thiazole rings is 1. The van der Waals surface area contributed by atoms with E-state index in [0.29, 0.717) is 9.64 Å². The molecule has 1 N–H and O–H groups in total. The molecule has 0 spiro atoms. The number of nitrogens with one attached hydrogen (secondary N) is 1. The number of anilines is 1. The number of hydrogen-bond donors (Lipinski definition) is 1. The van der Waals surface area contributed by atoms with E-state index in [4.69, 9.17) is 26.4 Å². The fraction of sp³-hybridized carbons (Fsp3) is 0.267. The predicted octanol–water partition coefficient (Wildman–Crippen LogP) is 2.35. The van der Waals surface area contributed by atoms with Gasteiger partial charge in [-0.2, -0.15) is 0 Å². The van der Waals surface area contributed by atoms with Gasteiger partial charge in [0.05, 0.1) is 36.6 Å². The Labute approximate surface area is 146 Å². The van der Waals surface area contributed by atoms with Crippen LogP contribution in [0.3, 0.4) is 0 Å². The van der Waals surface area contributed by atoms with Gasteiger partial charge in [-0.05, 0) is 30.4 Å². The van der Waals surface area contributed by atoms with Gasteiger partial charge in [-0.15, -0.1) is 11.3 Å². The van der Waals surface area contributed by atoms with Crippen LogP contribution in [0, 0.1) is 3.95 Å². The SMILES string of the molecule is COC(=O)C1=C(C(=O)OC)N(c2ccc3[nH]c(=S)sc3c2)COC1. The molecule has 1 aromatic carbocycles. The molecule has 0 saturated carbocycles. The highest BCUT2D eigenvalue weighted by molar-refractivity contribution is 7.73. The van der Waals surface area contributed by atoms with Crippen LogP contribution >= 0.6 is 23.6 Å². The number of aromatic amines is 1. The Bertz CT molecular complexity index is 899. The van der Waals surface area contributed by atoms with Crippen molar-refractivity contribution in [2.24, 2.45) is 0 Å². The molecule has 0 radical (unpaired) electrons. The first-order chi connectivity index (χ1) is 11.5. The average molecular weight is 366 g/mol. The van der Waals surface area contributed by atoms with E-state index in [2.05, 4.69) is 4.98 Å². The summed E-state index contributed by atoms with van der Waals surface area (Å²) in [5.74, 6) is -1.25. The molecule has 126 valence electrons. The lowest BCUT2D eigenvalue weighted by molar-refractivity contribution is -0.140. The fourth-order valence-electron chi connectivity index (χ4n) is 2.45. The lowest BCUT2D eigenvalue weighted by Gasteiger charge is -2.31. The fourth-order valence-corrected chi connectivity index (χ4v) is 3.60. The third kappa shape index (κ3) is 2.93. The highest BCUT2D eigenvalue weighted by Crippen LogP contribution is 2.30. The van der Waals surface area contributed by atoms with Crippen molar-refractivity contribution in [2.45, 2.75) is 0 Å². The summed E-state index contributed by atoms with van der Waals surface area (Å²) in [4.78, 5) is 28.9. The Kier molecular flexibility index (Phi) is 4.65. The second-order valence-electron chi connectivity index (χ2n) is 4.91. The number of fused-ring (bicyclic) bond motifs is 1. The van der Waals surface area contributed by atoms with Crippen LogP contribution in [0.1, 0.15) is 0 Å². The van der Waals surface area contributed by atoms with Gasteiger partial charge in [0, 0.05) is 5.69 Å². The summed E-state index contributed by atoms with van der Waals surface area (Å²) in [6.07, 6.45) is 0. The molecule has 3 rings (SSSR count). The molecule has 0 amide bonds. The van der Waals surface area contributed by atoms with Gasteiger partial charge >= 0.3 is 11.9 Å². The summed E-state index contributed by atoms with van der Waals surface area (Å²) in [5.41, 5.74) is 1.84. The first kappa shape index (κ1) is 16.6. The summed E-state index contributed by atoms with van der Waals surface area (Å²) in [6.45, 7) is 0.102. The van der Waals surface area contributed by atoms with E-state index >= 15 is 0 Å². The average Bonchev–Trinajstić information content (AvgIpc) is 2.98. The number of hydrogen-bond acceptors (Lipinski definition) is 8. The molecule has 0 bridgehead atoms. The van der Waals surface area contributed by atoms with Crippen molar-refractivity contribution in [3.05, 3.63) is 33.4 Å². The number of esters is 2. The summed E-state index contributed by atoms with van der Waals surface area (Å²) in [6, 6.07) is 5.55. The maximum atomic E-state index is 12.2. The summed E-state index contributed by atoms with van der Waals surface area (Å²) >= 11 is 6.57. The van der Waals surface area contributed by atoms with Crippen molar-refractivity contribution in [3.63, 3.8) is 0 Å². The Hall–Kier alpha value is -2.23. The number of benzene rings is 1. The summed E-state index contributed by atoms with van der Waals surface area (Å²) < 4.78 is 16.6. The van der Waals surface area contributed by atoms with E-state index < -0.39 is 11.9 Å². The number of carbonyl (C=O) groups is 2. The predicted molar refractivity (Wildman–Crippen MR) is 91.4 cm³/mol. The molecule has 0 atom stereocenters. The number of nitrogens with zero attached hydrogens (tertiary/aromatic N) is 1. The third-order valence-corrected chi connectivity index (χ3v) is 4.75. The van der Waals surface area contributed by atoms with Crippen LogP contribution in [0.2, 0.25) is 0 Å². The molecule has 9 heteroatoms. The molecule has 2 heterocycles. The largest absolute Gasteiger partial charge is 0.466 e. The molecular weight excluding hydrogens is 352 g/mol. The first-order valence-electron chi connectivity index (χ1n) is 6.93. The van der Waals surface area contributed by atoms with Gasteiger partial charge in [0.2, 0.25) is 0 Å². The zero-order chi connectivity index (χ0) is 17.3. The van der Waals surface area contributed by atoms with E-state index in [1.54, 1.807) is 4.90 Å². The highest BCUT2D eigenvalue weighted by Gasteiger charge is 2.32. The molecular formula is C15H14N2O5S2. The van der Waals surface area contributed by atoms with Crippen LogP contribution in [0.25, 0.3) is 10.2 Å². The molecule has 24 heavy (non-hydrogen) atoms. The Morgan fingerprint density at radius 1 is 1.29 bits per heavy atom. The monoisotopic (exact) mass is 366 g/mol. The number of carbonyl (C=O) groups excluding carboxylic acids is 2. The minimum absolute atomic E-state index is 0.0149. The zero-order valence-electron chi connectivity index (χ0n) is 13.0. The summed E-state index contributed by atoms with van der Waals surface area (Å²) in [7, 11) is 2.51. The number of rotatable bonds is 3. The molecule has 0 fully saturated rings. The lowest BCUT2D eigenvalue weighted by Crippen LogP contribution is -2.38. The van der Waals surface area contributed by atoms with Crippen molar-refractivity contribution in [1.29, 1.82) is 0 Å². The van der Waals surface area contributed by atoms with Crippen molar-refractivity contribution in [3.8, 4) is 0 Å². The Morgan fingerprint density at radius 3 is 2.75 bits per heavy atom. The van der Waals surface area contributed by atoms with Gasteiger partial charge in [-0.3, -0.25) is 0 Å². The standard InChI is InChI=1S/C15H14N2O5S2/c1-20-13(18)9-6-22-7-17(12(9)14(19)21-2)8-3-4-10-11(5-8)24-15(23)16-10/h3-5H,6-7H2,1-2H3,(H,16,23). The maximum absolute atomic E-state index is 12.2. The Balaban J connectivity index is 2.13. The number of aromatic nitrogens is 1. The first-order valence-corrected chi connectivity index (χ1v) is 8.15. The van der Waals surface area contributed by atoms with Crippen molar-refractivity contribution in [2.75, 3.05) is 32.5 Å². The van der Waals surface area contributed by atoms with Crippen LogP contribution in [0.4, 0.5) is 5.69 Å². The van der Waals surface area contributed by atoms with Crippen LogP contribution in [-0.2, 0) is 23.8 Å². The van der Waals surface area contributed by atoms with Gasteiger partial charge in [0.25, 0.3) is 0 Å². The normalized spacial score (nSPS) is 14.8. The molecule has 0 aliphatic carbocycles. The number of ether oxygens (including phenoxy) is 3. The van der Waals surface area contributed by atoms with Crippen molar-refractivity contribution >= 4 is 51.4 Å². The number of H-pyrrole nitrogens is 1. The van der Waals surface area contributed by atoms with E-state index in [0.717, 1.165) is 10.2 Å². The molecule has 1 aliphatic heterocycles. The Morgan fingerprint density at radius 2 is 2.04 bits per heavy atom. The molecule has 7 nitrogen and oxygen atoms in total. The van der Waals surface area contributed by atoms with E-state index in [1.165, 1.54) is 25.6 Å². The molecule has 0 saturated heterocycles. The molecule has 1 aromatic heterocycles. The molecule has 1 aliphatic rings. The van der Waals surface area contributed by atoms with Gasteiger partial charge in [-0.1, -0.05) is 0 Å². The van der Waals surface area contributed by atoms with E-state index in [-0.39, 0.29) is 24.6 Å². The van der Waals surface area contributed by atoms with Gasteiger partial charge in [-0.25, -0.2) is 9.59 Å². The molecule has 2 aromatic rings. The van der Waals surface area contributed by atoms with Gasteiger partial charge in [0.1, 0.15) is 12.4 Å². The molecule has 0 unspecified atom stereocenters. The topological polar surface area (TPSA) is 80.9 Å². The lowest BCUT2D eigenvalue weighted by atomic mass is 10.1. The zero-order valence-corrected chi connectivity index (χ0v) is 14.6. The van der Waals surface area contributed by atoms with Crippen LogP contribution < -0.4 is 4.90 Å². The highest BCUT2D eigenvalue weighted by atomic mass is 32.1. The van der Waals surface area contributed by atoms with Gasteiger partial charge in [0.15, 0.2) is 3.95 Å². The number of methoxy groups -OCH3 is 2. The smallest absolute Gasteiger partial charge is 0.355 e. The van der Waals surface area contributed by atoms with E-state index in [1.807, 2.05) is 18.2 Å². The van der Waals surface area contributed by atoms with Crippen LogP contribution in [0.15, 0.2) is 29.5 Å². The van der Waals surface area contributed by atoms with E-state index in [9.17, 15) is 9.59 Å². The van der Waals surface area contributed by atoms with Gasteiger partial charge < -0.3 is 24.1 Å². The second kappa shape index (κ2) is 6.71. The van der Waals surface area contributed by atoms with Crippen molar-refractivity contribution < 1.29 is 23.8 Å². The quantitative estimate of drug-likeness (QED) is 0.660.